The topological polar surface area (TPSA) is 64.6 Å². The summed E-state index contributed by atoms with van der Waals surface area (Å²) in [7, 11) is 1.59. The molecular weight excluding hydrogens is 290 g/mol. The fraction of sp³-hybridized carbons (Fsp3) is 0.467. The predicted molar refractivity (Wildman–Crippen MR) is 84.8 cm³/mol. The second-order valence-electron chi connectivity index (χ2n) is 4.80. The zero-order chi connectivity index (χ0) is 15.9. The van der Waals surface area contributed by atoms with Crippen LogP contribution < -0.4 is 10.1 Å². The summed E-state index contributed by atoms with van der Waals surface area (Å²) in [5.41, 5.74) is 0.690. The molecule has 1 aromatic rings. The number of amides is 1. The Morgan fingerprint density at radius 3 is 2.38 bits per heavy atom. The molecule has 0 bridgehead atoms. The van der Waals surface area contributed by atoms with Crippen molar-refractivity contribution >= 4 is 29.3 Å². The van der Waals surface area contributed by atoms with Crippen molar-refractivity contribution in [2.75, 3.05) is 24.8 Å². The minimum atomic E-state index is -0.743. The zero-order valence-corrected chi connectivity index (χ0v) is 13.6. The van der Waals surface area contributed by atoms with E-state index in [2.05, 4.69) is 5.32 Å². The number of hydrogen-bond acceptors (Lipinski definition) is 5. The molecule has 6 heteroatoms. The third-order valence-electron chi connectivity index (χ3n) is 2.70. The van der Waals surface area contributed by atoms with Crippen LogP contribution in [-0.4, -0.2) is 36.1 Å². The van der Waals surface area contributed by atoms with Gasteiger partial charge in [0, 0.05) is 5.69 Å². The highest BCUT2D eigenvalue weighted by Crippen LogP contribution is 2.26. The molecule has 1 N–H and O–H groups in total. The van der Waals surface area contributed by atoms with Crippen molar-refractivity contribution in [1.82, 2.24) is 0 Å². The van der Waals surface area contributed by atoms with E-state index in [9.17, 15) is 9.59 Å². The molecule has 116 valence electrons. The van der Waals surface area contributed by atoms with Crippen LogP contribution in [0.1, 0.15) is 20.8 Å². The van der Waals surface area contributed by atoms with E-state index >= 15 is 0 Å². The van der Waals surface area contributed by atoms with Gasteiger partial charge in [-0.3, -0.25) is 9.59 Å². The first kappa shape index (κ1) is 17.4. The molecule has 0 aliphatic heterocycles. The molecule has 1 aromatic carbocycles. The van der Waals surface area contributed by atoms with Crippen molar-refractivity contribution < 1.29 is 19.1 Å². The quantitative estimate of drug-likeness (QED) is 0.784. The Balaban J connectivity index is 2.48. The number of methoxy groups -OCH3 is 1. The van der Waals surface area contributed by atoms with Crippen LogP contribution in [0, 0.1) is 0 Å². The van der Waals surface area contributed by atoms with Crippen LogP contribution in [0.15, 0.2) is 24.3 Å². The number of ether oxygens (including phenoxy) is 2. The van der Waals surface area contributed by atoms with Crippen molar-refractivity contribution in [3.8, 4) is 5.75 Å². The Bertz CT molecular complexity index is 485. The summed E-state index contributed by atoms with van der Waals surface area (Å²) in [6, 6.07) is 7.06. The fourth-order valence-corrected chi connectivity index (χ4v) is 2.22. The molecule has 0 heterocycles. The lowest BCUT2D eigenvalue weighted by molar-refractivity contribution is -0.145. The molecule has 0 unspecified atom stereocenters. The maximum absolute atomic E-state index is 11.9. The molecule has 5 nitrogen and oxygen atoms in total. The smallest absolute Gasteiger partial charge is 0.321 e. The molecule has 0 aliphatic carbocycles. The summed E-state index contributed by atoms with van der Waals surface area (Å²) in [6.07, 6.45) is 0. The lowest BCUT2D eigenvalue weighted by atomic mass is 10.2. The highest BCUT2D eigenvalue weighted by molar-refractivity contribution is 8.02. The first-order chi connectivity index (χ1) is 9.89. The van der Waals surface area contributed by atoms with Crippen LogP contribution in [0.3, 0.4) is 0 Å². The monoisotopic (exact) mass is 311 g/mol. The maximum Gasteiger partial charge on any atom is 0.321 e. The van der Waals surface area contributed by atoms with Crippen LogP contribution in [-0.2, 0) is 14.3 Å². The van der Waals surface area contributed by atoms with Gasteiger partial charge in [-0.2, -0.15) is 0 Å². The molecule has 21 heavy (non-hydrogen) atoms. The largest absolute Gasteiger partial charge is 0.497 e. The van der Waals surface area contributed by atoms with Gasteiger partial charge in [0.15, 0.2) is 0 Å². The Labute approximate surface area is 129 Å². The summed E-state index contributed by atoms with van der Waals surface area (Å²) in [5, 5.41) is 2.77. The lowest BCUT2D eigenvalue weighted by Gasteiger charge is -2.21. The van der Waals surface area contributed by atoms with Crippen LogP contribution in [0.4, 0.5) is 5.69 Å². The molecule has 0 spiro atoms. The van der Waals surface area contributed by atoms with Crippen molar-refractivity contribution in [1.29, 1.82) is 0 Å². The third-order valence-corrected chi connectivity index (χ3v) is 4.00. The Morgan fingerprint density at radius 1 is 1.24 bits per heavy atom. The van der Waals surface area contributed by atoms with E-state index < -0.39 is 4.75 Å². The van der Waals surface area contributed by atoms with E-state index in [0.717, 1.165) is 5.75 Å². The van der Waals surface area contributed by atoms with Gasteiger partial charge in [-0.15, -0.1) is 11.8 Å². The number of nitrogens with one attached hydrogen (secondary N) is 1. The highest BCUT2D eigenvalue weighted by atomic mass is 32.2. The van der Waals surface area contributed by atoms with Crippen LogP contribution in [0.5, 0.6) is 5.75 Å². The average Bonchev–Trinajstić information content (AvgIpc) is 2.46. The molecule has 0 atom stereocenters. The molecular formula is C15H21NO4S. The van der Waals surface area contributed by atoms with E-state index in [1.165, 1.54) is 11.8 Å². The van der Waals surface area contributed by atoms with Crippen molar-refractivity contribution in [2.45, 2.75) is 25.5 Å². The minimum absolute atomic E-state index is 0.164. The summed E-state index contributed by atoms with van der Waals surface area (Å²) in [5.74, 6) is 0.429. The second-order valence-corrected chi connectivity index (χ2v) is 6.39. The first-order valence-corrected chi connectivity index (χ1v) is 7.62. The van der Waals surface area contributed by atoms with Crippen molar-refractivity contribution in [2.24, 2.45) is 0 Å². The Morgan fingerprint density at radius 2 is 1.86 bits per heavy atom. The standard InChI is InChI=1S/C15H21NO4S/c1-5-20-14(18)15(2,3)21-10-13(17)16-11-6-8-12(19-4)9-7-11/h6-9H,5,10H2,1-4H3,(H,16,17). The van der Waals surface area contributed by atoms with E-state index in [1.807, 2.05) is 0 Å². The summed E-state index contributed by atoms with van der Waals surface area (Å²) >= 11 is 1.25. The number of rotatable bonds is 7. The lowest BCUT2D eigenvalue weighted by Crippen LogP contribution is -2.32. The van der Waals surface area contributed by atoms with Crippen LogP contribution >= 0.6 is 11.8 Å². The molecule has 0 aliphatic rings. The van der Waals surface area contributed by atoms with E-state index in [4.69, 9.17) is 9.47 Å². The minimum Gasteiger partial charge on any atom is -0.497 e. The summed E-state index contributed by atoms with van der Waals surface area (Å²) in [4.78, 5) is 23.6. The molecule has 0 aromatic heterocycles. The molecule has 0 radical (unpaired) electrons. The van der Waals surface area contributed by atoms with Gasteiger partial charge in [0.2, 0.25) is 5.91 Å². The normalized spacial score (nSPS) is 10.9. The van der Waals surface area contributed by atoms with E-state index in [0.29, 0.717) is 12.3 Å². The molecule has 0 saturated carbocycles. The highest BCUT2D eigenvalue weighted by Gasteiger charge is 2.30. The summed E-state index contributed by atoms with van der Waals surface area (Å²) < 4.78 is 9.28. The van der Waals surface area contributed by atoms with E-state index in [1.54, 1.807) is 52.1 Å². The SMILES string of the molecule is CCOC(=O)C(C)(C)SCC(=O)Nc1ccc(OC)cc1. The van der Waals surface area contributed by atoms with Gasteiger partial charge < -0.3 is 14.8 Å². The number of hydrogen-bond donors (Lipinski definition) is 1. The van der Waals surface area contributed by atoms with Gasteiger partial charge in [-0.25, -0.2) is 0 Å². The van der Waals surface area contributed by atoms with Crippen LogP contribution in [0.25, 0.3) is 0 Å². The van der Waals surface area contributed by atoms with Gasteiger partial charge in [-0.1, -0.05) is 0 Å². The fourth-order valence-electron chi connectivity index (χ4n) is 1.48. The molecule has 0 fully saturated rings. The Hall–Kier alpha value is -1.69. The zero-order valence-electron chi connectivity index (χ0n) is 12.8. The van der Waals surface area contributed by atoms with Crippen molar-refractivity contribution in [3.05, 3.63) is 24.3 Å². The summed E-state index contributed by atoms with van der Waals surface area (Å²) in [6.45, 7) is 5.59. The maximum atomic E-state index is 11.9. The van der Waals surface area contributed by atoms with Gasteiger partial charge >= 0.3 is 5.97 Å². The Kier molecular flexibility index (Phi) is 6.55. The van der Waals surface area contributed by atoms with Crippen LogP contribution in [0.2, 0.25) is 0 Å². The number of thioether (sulfide) groups is 1. The van der Waals surface area contributed by atoms with Crippen molar-refractivity contribution in [3.63, 3.8) is 0 Å². The molecule has 1 amide bonds. The predicted octanol–water partition coefficient (Wildman–Crippen LogP) is 2.71. The van der Waals surface area contributed by atoms with Gasteiger partial charge in [0.1, 0.15) is 10.5 Å². The first-order valence-electron chi connectivity index (χ1n) is 6.64. The second kappa shape index (κ2) is 7.93. The van der Waals surface area contributed by atoms with Gasteiger partial charge in [0.05, 0.1) is 19.5 Å². The number of carbonyl (C=O) groups is 2. The molecule has 1 rings (SSSR count). The molecule has 0 saturated heterocycles. The number of anilines is 1. The third kappa shape index (κ3) is 5.67. The number of benzene rings is 1. The number of carbonyl (C=O) groups excluding carboxylic acids is 2. The van der Waals surface area contributed by atoms with Gasteiger partial charge in [0.25, 0.3) is 0 Å². The van der Waals surface area contributed by atoms with Gasteiger partial charge in [-0.05, 0) is 45.0 Å². The number of esters is 1. The van der Waals surface area contributed by atoms with E-state index in [-0.39, 0.29) is 17.6 Å². The average molecular weight is 311 g/mol.